The van der Waals surface area contributed by atoms with E-state index in [0.29, 0.717) is 53.9 Å². The van der Waals surface area contributed by atoms with Crippen LogP contribution in [0.3, 0.4) is 0 Å². The highest BCUT2D eigenvalue weighted by molar-refractivity contribution is 7.89. The number of aryl methyl sites for hydroxylation is 1. The number of amides is 1. The smallest absolute Gasteiger partial charge is 0.233 e. The van der Waals surface area contributed by atoms with Gasteiger partial charge < -0.3 is 4.90 Å². The van der Waals surface area contributed by atoms with Crippen molar-refractivity contribution in [2.24, 2.45) is 0 Å². The van der Waals surface area contributed by atoms with Gasteiger partial charge in [0.05, 0.1) is 11.8 Å². The van der Waals surface area contributed by atoms with E-state index in [2.05, 4.69) is 19.9 Å². The first-order chi connectivity index (χ1) is 18.2. The number of sulfonamides is 1. The van der Waals surface area contributed by atoms with Gasteiger partial charge in [-0.25, -0.2) is 42.2 Å². The summed E-state index contributed by atoms with van der Waals surface area (Å²) in [5.41, 5.74) is 0.756. The highest BCUT2D eigenvalue weighted by atomic mass is 32.2. The summed E-state index contributed by atoms with van der Waals surface area (Å²) >= 11 is 0. The molecule has 1 saturated heterocycles. The molecule has 0 spiro atoms. The molecule has 4 rings (SSSR count). The fourth-order valence-electron chi connectivity index (χ4n) is 4.20. The first kappa shape index (κ1) is 27.4. The molecule has 3 aromatic rings. The maximum Gasteiger partial charge on any atom is 0.233 e. The molecule has 2 aromatic heterocycles. The van der Waals surface area contributed by atoms with Crippen LogP contribution in [0.5, 0.6) is 0 Å². The van der Waals surface area contributed by atoms with Gasteiger partial charge in [0, 0.05) is 69.0 Å². The number of benzene rings is 1. The number of hydroxylamine groups is 2. The van der Waals surface area contributed by atoms with Crippen molar-refractivity contribution in [1.82, 2.24) is 29.3 Å². The molecule has 14 heteroatoms. The summed E-state index contributed by atoms with van der Waals surface area (Å²) in [4.78, 5) is 29.8. The minimum Gasteiger partial charge on any atom is -0.338 e. The summed E-state index contributed by atoms with van der Waals surface area (Å²) in [6, 6.07) is 3.93. The van der Waals surface area contributed by atoms with Gasteiger partial charge in [-0.2, -0.15) is 4.31 Å². The lowest BCUT2D eigenvalue weighted by molar-refractivity contribution is -0.158. The van der Waals surface area contributed by atoms with E-state index in [9.17, 15) is 27.2 Å². The predicted octanol–water partition coefficient (Wildman–Crippen LogP) is 1.90. The quantitative estimate of drug-likeness (QED) is 0.217. The van der Waals surface area contributed by atoms with Crippen molar-refractivity contribution in [1.29, 1.82) is 0 Å². The van der Waals surface area contributed by atoms with Crippen LogP contribution in [0.1, 0.15) is 18.7 Å². The van der Waals surface area contributed by atoms with Gasteiger partial charge in [-0.05, 0) is 36.6 Å². The second-order valence-electron chi connectivity index (χ2n) is 8.79. The first-order valence-electron chi connectivity index (χ1n) is 11.9. The molecule has 1 fully saturated rings. The monoisotopic (exact) mass is 547 g/mol. The number of hydrogen-bond acceptors (Lipinski definition) is 9. The molecule has 1 aliphatic heterocycles. The van der Waals surface area contributed by atoms with E-state index >= 15 is 0 Å². The zero-order valence-electron chi connectivity index (χ0n) is 20.4. The van der Waals surface area contributed by atoms with Crippen LogP contribution < -0.4 is 4.90 Å². The summed E-state index contributed by atoms with van der Waals surface area (Å²) in [6.07, 6.45) is 7.56. The lowest BCUT2D eigenvalue weighted by Crippen LogP contribution is -2.51. The van der Waals surface area contributed by atoms with Crippen LogP contribution in [0, 0.1) is 11.6 Å². The molecule has 0 aliphatic carbocycles. The summed E-state index contributed by atoms with van der Waals surface area (Å²) in [6.45, 7) is 0.971. The molecule has 1 aliphatic rings. The van der Waals surface area contributed by atoms with E-state index in [1.807, 2.05) is 4.90 Å². The van der Waals surface area contributed by atoms with Crippen LogP contribution >= 0.6 is 0 Å². The molecule has 0 radical (unpaired) electrons. The van der Waals surface area contributed by atoms with E-state index in [4.69, 9.17) is 0 Å². The molecule has 0 bridgehead atoms. The Bertz CT molecular complexity index is 1310. The topological polar surface area (TPSA) is 133 Å². The highest BCUT2D eigenvalue weighted by Crippen LogP contribution is 2.22. The fraction of sp³-hybridized carbons (Fsp3) is 0.375. The van der Waals surface area contributed by atoms with Gasteiger partial charge in [0.25, 0.3) is 0 Å². The van der Waals surface area contributed by atoms with Crippen molar-refractivity contribution in [2.45, 2.75) is 25.3 Å². The summed E-state index contributed by atoms with van der Waals surface area (Å²) in [5.74, 6) is -0.865. The Balaban J connectivity index is 1.33. The molecular formula is C24H27F2N7O4S. The minimum absolute atomic E-state index is 0.166. The number of aromatic nitrogens is 4. The standard InChI is InChI=1S/C24H27F2N7O4S/c25-20-11-18(12-21(26)13-20)19-14-29-24(30-15-19)31-7-9-32(10-8-31)38(36,37)16-22(33(35)17-34)3-1-4-23-27-5-2-6-28-23/h2,5-6,11-15,17,22,35H,1,3-4,7-10,16H2. The Kier molecular flexibility index (Phi) is 8.86. The van der Waals surface area contributed by atoms with Crippen LogP contribution in [0.2, 0.25) is 0 Å². The van der Waals surface area contributed by atoms with E-state index < -0.39 is 33.5 Å². The van der Waals surface area contributed by atoms with Crippen molar-refractivity contribution < 1.29 is 27.2 Å². The number of nitrogens with zero attached hydrogens (tertiary/aromatic N) is 7. The average Bonchev–Trinajstić information content (AvgIpc) is 2.92. The van der Waals surface area contributed by atoms with Crippen molar-refractivity contribution >= 4 is 22.4 Å². The molecule has 1 atom stereocenters. The molecule has 1 aromatic carbocycles. The van der Waals surface area contributed by atoms with Gasteiger partial charge in [-0.15, -0.1) is 0 Å². The number of hydrogen-bond donors (Lipinski definition) is 1. The van der Waals surface area contributed by atoms with Crippen molar-refractivity contribution in [3.05, 3.63) is 66.5 Å². The molecule has 3 heterocycles. The van der Waals surface area contributed by atoms with Gasteiger partial charge in [0.1, 0.15) is 17.5 Å². The molecular weight excluding hydrogens is 520 g/mol. The van der Waals surface area contributed by atoms with Gasteiger partial charge >= 0.3 is 0 Å². The summed E-state index contributed by atoms with van der Waals surface area (Å²) in [5, 5.41) is 10.4. The number of anilines is 1. The number of carbonyl (C=O) groups excluding carboxylic acids is 1. The number of halogens is 2. The van der Waals surface area contributed by atoms with Crippen LogP contribution in [-0.4, -0.2) is 87.3 Å². The lowest BCUT2D eigenvalue weighted by Gasteiger charge is -2.35. The Morgan fingerprint density at radius 2 is 1.61 bits per heavy atom. The molecule has 1 amide bonds. The Hall–Kier alpha value is -3.62. The lowest BCUT2D eigenvalue weighted by atomic mass is 10.1. The van der Waals surface area contributed by atoms with E-state index in [0.717, 1.165) is 6.07 Å². The fourth-order valence-corrected chi connectivity index (χ4v) is 5.94. The molecule has 0 saturated carbocycles. The molecule has 1 N–H and O–H groups in total. The highest BCUT2D eigenvalue weighted by Gasteiger charge is 2.32. The third-order valence-electron chi connectivity index (χ3n) is 6.19. The molecule has 38 heavy (non-hydrogen) atoms. The SMILES string of the molecule is O=CN(O)C(CCCc1ncccn1)CS(=O)(=O)N1CCN(c2ncc(-c3cc(F)cc(F)c3)cn2)CC1. The van der Waals surface area contributed by atoms with E-state index in [1.165, 1.54) is 28.8 Å². The zero-order valence-corrected chi connectivity index (χ0v) is 21.2. The van der Waals surface area contributed by atoms with Crippen LogP contribution in [0.15, 0.2) is 49.1 Å². The third-order valence-corrected chi connectivity index (χ3v) is 8.15. The molecule has 202 valence electrons. The van der Waals surface area contributed by atoms with E-state index in [-0.39, 0.29) is 25.9 Å². The van der Waals surface area contributed by atoms with Gasteiger partial charge in [0.2, 0.25) is 22.4 Å². The normalized spacial score (nSPS) is 15.3. The van der Waals surface area contributed by atoms with Crippen LogP contribution in [0.25, 0.3) is 11.1 Å². The van der Waals surface area contributed by atoms with Crippen LogP contribution in [-0.2, 0) is 21.2 Å². The van der Waals surface area contributed by atoms with Gasteiger partial charge in [-0.3, -0.25) is 10.0 Å². The third kappa shape index (κ3) is 7.02. The zero-order chi connectivity index (χ0) is 27.1. The maximum absolute atomic E-state index is 13.5. The number of piperazine rings is 1. The summed E-state index contributed by atoms with van der Waals surface area (Å²) in [7, 11) is -3.79. The van der Waals surface area contributed by atoms with Crippen molar-refractivity contribution in [2.75, 3.05) is 36.8 Å². The Morgan fingerprint density at radius 3 is 2.21 bits per heavy atom. The van der Waals surface area contributed by atoms with Gasteiger partial charge in [0.15, 0.2) is 0 Å². The average molecular weight is 548 g/mol. The van der Waals surface area contributed by atoms with Crippen molar-refractivity contribution in [3.63, 3.8) is 0 Å². The van der Waals surface area contributed by atoms with E-state index in [1.54, 1.807) is 18.5 Å². The minimum atomic E-state index is -3.79. The molecule has 11 nitrogen and oxygen atoms in total. The van der Waals surface area contributed by atoms with Crippen LogP contribution in [0.4, 0.5) is 14.7 Å². The number of rotatable bonds is 11. The molecule has 1 unspecified atom stereocenters. The Morgan fingerprint density at radius 1 is 0.974 bits per heavy atom. The second-order valence-corrected chi connectivity index (χ2v) is 10.8. The number of carbonyl (C=O) groups is 1. The predicted molar refractivity (Wildman–Crippen MR) is 133 cm³/mol. The first-order valence-corrected chi connectivity index (χ1v) is 13.6. The van der Waals surface area contributed by atoms with Crippen molar-refractivity contribution in [3.8, 4) is 11.1 Å². The Labute approximate surface area is 218 Å². The maximum atomic E-state index is 13.5. The second kappa shape index (κ2) is 12.3. The largest absolute Gasteiger partial charge is 0.338 e. The summed E-state index contributed by atoms with van der Waals surface area (Å²) < 4.78 is 54.5. The van der Waals surface area contributed by atoms with Gasteiger partial charge in [-0.1, -0.05) is 0 Å².